The first-order chi connectivity index (χ1) is 11.2. The van der Waals surface area contributed by atoms with E-state index in [1.165, 1.54) is 4.88 Å². The standard InChI is InChI=1S/C16H22ClN5S/c1-3-18-16(20-9-7-15-22-10-12(2)23-15)19-8-6-13-4-5-14(17)21-11-13/h4-5,10-11H,3,6-9H2,1-2H3,(H2,18,19,20). The molecule has 0 fully saturated rings. The van der Waals surface area contributed by atoms with E-state index >= 15 is 0 Å². The molecule has 2 aromatic heterocycles. The third kappa shape index (κ3) is 6.54. The van der Waals surface area contributed by atoms with Crippen LogP contribution >= 0.6 is 22.9 Å². The van der Waals surface area contributed by atoms with Gasteiger partial charge in [-0.3, -0.25) is 4.99 Å². The average molecular weight is 352 g/mol. The first kappa shape index (κ1) is 17.7. The first-order valence-corrected chi connectivity index (χ1v) is 8.90. The molecule has 2 rings (SSSR count). The van der Waals surface area contributed by atoms with Gasteiger partial charge < -0.3 is 10.6 Å². The Balaban J connectivity index is 1.77. The number of aryl methyl sites for hydroxylation is 1. The number of halogens is 1. The van der Waals surface area contributed by atoms with Gasteiger partial charge >= 0.3 is 0 Å². The van der Waals surface area contributed by atoms with Crippen LogP contribution < -0.4 is 10.6 Å². The Morgan fingerprint density at radius 3 is 2.74 bits per heavy atom. The fourth-order valence-electron chi connectivity index (χ4n) is 2.00. The molecule has 0 aliphatic heterocycles. The van der Waals surface area contributed by atoms with E-state index in [9.17, 15) is 0 Å². The van der Waals surface area contributed by atoms with Gasteiger partial charge in [-0.05, 0) is 31.9 Å². The van der Waals surface area contributed by atoms with Crippen molar-refractivity contribution in [2.75, 3.05) is 19.6 Å². The van der Waals surface area contributed by atoms with Crippen molar-refractivity contribution in [3.05, 3.63) is 45.1 Å². The molecule has 0 aromatic carbocycles. The summed E-state index contributed by atoms with van der Waals surface area (Å²) in [5.74, 6) is 0.836. The number of rotatable bonds is 7. The van der Waals surface area contributed by atoms with Gasteiger partial charge in [-0.15, -0.1) is 11.3 Å². The van der Waals surface area contributed by atoms with E-state index < -0.39 is 0 Å². The van der Waals surface area contributed by atoms with Gasteiger partial charge in [0.05, 0.1) is 5.01 Å². The van der Waals surface area contributed by atoms with Gasteiger partial charge in [0, 0.05) is 43.3 Å². The van der Waals surface area contributed by atoms with E-state index in [0.29, 0.717) is 5.15 Å². The van der Waals surface area contributed by atoms with Crippen molar-refractivity contribution in [2.45, 2.75) is 26.7 Å². The van der Waals surface area contributed by atoms with E-state index in [1.54, 1.807) is 17.5 Å². The molecule has 2 aromatic rings. The molecule has 0 saturated heterocycles. The zero-order valence-corrected chi connectivity index (χ0v) is 15.0. The van der Waals surface area contributed by atoms with Crippen molar-refractivity contribution in [1.82, 2.24) is 20.6 Å². The Morgan fingerprint density at radius 2 is 2.09 bits per heavy atom. The lowest BCUT2D eigenvalue weighted by atomic mass is 10.2. The largest absolute Gasteiger partial charge is 0.357 e. The van der Waals surface area contributed by atoms with Gasteiger partial charge in [-0.25, -0.2) is 9.97 Å². The molecule has 0 atom stereocenters. The Hall–Kier alpha value is -1.66. The summed E-state index contributed by atoms with van der Waals surface area (Å²) < 4.78 is 0. The molecule has 0 saturated carbocycles. The summed E-state index contributed by atoms with van der Waals surface area (Å²) >= 11 is 7.52. The molecule has 124 valence electrons. The SMILES string of the molecule is CCNC(=NCCc1ncc(C)s1)NCCc1ccc(Cl)nc1. The molecule has 0 aliphatic rings. The van der Waals surface area contributed by atoms with Crippen molar-refractivity contribution in [1.29, 1.82) is 0 Å². The Labute approximate surface area is 146 Å². The Kier molecular flexibility index (Phi) is 7.29. The lowest BCUT2D eigenvalue weighted by Gasteiger charge is -2.11. The summed E-state index contributed by atoms with van der Waals surface area (Å²) in [5.41, 5.74) is 1.15. The zero-order valence-electron chi connectivity index (χ0n) is 13.5. The van der Waals surface area contributed by atoms with Crippen LogP contribution in [0.3, 0.4) is 0 Å². The second kappa shape index (κ2) is 9.47. The second-order valence-corrected chi connectivity index (χ2v) is 6.75. The number of aliphatic imine (C=N–C) groups is 1. The Morgan fingerprint density at radius 1 is 1.22 bits per heavy atom. The van der Waals surface area contributed by atoms with Crippen LogP contribution in [0.5, 0.6) is 0 Å². The van der Waals surface area contributed by atoms with Crippen LogP contribution in [0.1, 0.15) is 22.4 Å². The highest BCUT2D eigenvalue weighted by Crippen LogP contribution is 2.11. The highest BCUT2D eigenvalue weighted by molar-refractivity contribution is 7.11. The minimum Gasteiger partial charge on any atom is -0.357 e. The lowest BCUT2D eigenvalue weighted by molar-refractivity contribution is 0.794. The summed E-state index contributed by atoms with van der Waals surface area (Å²) in [7, 11) is 0. The van der Waals surface area contributed by atoms with Crippen molar-refractivity contribution < 1.29 is 0 Å². The number of aromatic nitrogens is 2. The zero-order chi connectivity index (χ0) is 16.5. The van der Waals surface area contributed by atoms with Crippen molar-refractivity contribution >= 4 is 28.9 Å². The van der Waals surface area contributed by atoms with E-state index in [0.717, 1.165) is 49.0 Å². The second-order valence-electron chi connectivity index (χ2n) is 5.04. The maximum atomic E-state index is 5.79. The molecule has 0 amide bonds. The minimum atomic E-state index is 0.522. The third-order valence-corrected chi connectivity index (χ3v) is 4.30. The van der Waals surface area contributed by atoms with Gasteiger partial charge in [0.2, 0.25) is 0 Å². The van der Waals surface area contributed by atoms with E-state index in [1.807, 2.05) is 18.3 Å². The van der Waals surface area contributed by atoms with Crippen molar-refractivity contribution in [2.24, 2.45) is 4.99 Å². The van der Waals surface area contributed by atoms with Crippen LogP contribution in [0.4, 0.5) is 0 Å². The van der Waals surface area contributed by atoms with Gasteiger partial charge in [-0.2, -0.15) is 0 Å². The highest BCUT2D eigenvalue weighted by atomic mass is 35.5. The third-order valence-electron chi connectivity index (χ3n) is 3.10. The molecule has 7 heteroatoms. The number of hydrogen-bond donors (Lipinski definition) is 2. The topological polar surface area (TPSA) is 62.2 Å². The van der Waals surface area contributed by atoms with Crippen LogP contribution in [-0.2, 0) is 12.8 Å². The predicted octanol–water partition coefficient (Wildman–Crippen LogP) is 2.84. The van der Waals surface area contributed by atoms with Gasteiger partial charge in [0.25, 0.3) is 0 Å². The molecular weight excluding hydrogens is 330 g/mol. The van der Waals surface area contributed by atoms with Gasteiger partial charge in [-0.1, -0.05) is 17.7 Å². The summed E-state index contributed by atoms with van der Waals surface area (Å²) in [6.07, 6.45) is 5.46. The number of nitrogens with zero attached hydrogens (tertiary/aromatic N) is 3. The molecular formula is C16H22ClN5S. The van der Waals surface area contributed by atoms with Crippen LogP contribution in [0.2, 0.25) is 5.15 Å². The number of nitrogens with one attached hydrogen (secondary N) is 2. The van der Waals surface area contributed by atoms with Gasteiger partial charge in [0.1, 0.15) is 5.15 Å². The average Bonchev–Trinajstić information content (AvgIpc) is 2.95. The predicted molar refractivity (Wildman–Crippen MR) is 97.5 cm³/mol. The summed E-state index contributed by atoms with van der Waals surface area (Å²) in [6, 6.07) is 3.80. The summed E-state index contributed by atoms with van der Waals surface area (Å²) in [6.45, 7) is 6.49. The fraction of sp³-hybridized carbons (Fsp3) is 0.438. The smallest absolute Gasteiger partial charge is 0.191 e. The summed E-state index contributed by atoms with van der Waals surface area (Å²) in [5, 5.41) is 8.25. The molecule has 0 radical (unpaired) electrons. The molecule has 5 nitrogen and oxygen atoms in total. The van der Waals surface area contributed by atoms with Crippen LogP contribution in [-0.4, -0.2) is 35.6 Å². The quantitative estimate of drug-likeness (QED) is 0.457. The fourth-order valence-corrected chi connectivity index (χ4v) is 2.89. The molecule has 2 heterocycles. The maximum Gasteiger partial charge on any atom is 0.191 e. The van der Waals surface area contributed by atoms with Crippen molar-refractivity contribution in [3.8, 4) is 0 Å². The van der Waals surface area contributed by atoms with Crippen LogP contribution in [0.15, 0.2) is 29.5 Å². The van der Waals surface area contributed by atoms with Crippen LogP contribution in [0.25, 0.3) is 0 Å². The maximum absolute atomic E-state index is 5.79. The molecule has 23 heavy (non-hydrogen) atoms. The number of pyridine rings is 1. The Bertz CT molecular complexity index is 624. The summed E-state index contributed by atoms with van der Waals surface area (Å²) in [4.78, 5) is 14.3. The minimum absolute atomic E-state index is 0.522. The molecule has 0 spiro atoms. The van der Waals surface area contributed by atoms with E-state index in [-0.39, 0.29) is 0 Å². The van der Waals surface area contributed by atoms with Crippen LogP contribution in [0, 0.1) is 6.92 Å². The van der Waals surface area contributed by atoms with E-state index in [2.05, 4.69) is 39.4 Å². The number of hydrogen-bond acceptors (Lipinski definition) is 4. The normalized spacial score (nSPS) is 11.5. The monoisotopic (exact) mass is 351 g/mol. The first-order valence-electron chi connectivity index (χ1n) is 7.71. The highest BCUT2D eigenvalue weighted by Gasteiger charge is 2.01. The number of guanidine groups is 1. The van der Waals surface area contributed by atoms with Gasteiger partial charge in [0.15, 0.2) is 5.96 Å². The molecule has 0 unspecified atom stereocenters. The van der Waals surface area contributed by atoms with Crippen molar-refractivity contribution in [3.63, 3.8) is 0 Å². The molecule has 0 bridgehead atoms. The van der Waals surface area contributed by atoms with E-state index in [4.69, 9.17) is 11.6 Å². The lowest BCUT2D eigenvalue weighted by Crippen LogP contribution is -2.38. The molecule has 2 N–H and O–H groups in total. The number of thiazole rings is 1. The molecule has 0 aliphatic carbocycles.